The standard InChI is InChI=1S/C16H25FN2/c1-12-10-15(17)5-4-14(12)6-8-19-9-7-16(18-3)11-13(19)2/h4-5,10,13,16,18H,6-9,11H2,1-3H3. The van der Waals surface area contributed by atoms with Gasteiger partial charge in [-0.25, -0.2) is 4.39 Å². The fourth-order valence-electron chi connectivity index (χ4n) is 3.02. The van der Waals surface area contributed by atoms with Crippen LogP contribution < -0.4 is 5.32 Å². The van der Waals surface area contributed by atoms with Crippen molar-refractivity contribution in [1.82, 2.24) is 10.2 Å². The van der Waals surface area contributed by atoms with E-state index in [4.69, 9.17) is 0 Å². The molecule has 0 aliphatic carbocycles. The first-order valence-corrected chi connectivity index (χ1v) is 7.26. The first-order chi connectivity index (χ1) is 9.10. The number of hydrogen-bond acceptors (Lipinski definition) is 2. The summed E-state index contributed by atoms with van der Waals surface area (Å²) in [7, 11) is 2.05. The van der Waals surface area contributed by atoms with E-state index in [1.807, 2.05) is 13.0 Å². The van der Waals surface area contributed by atoms with Crippen LogP contribution in [0.1, 0.15) is 30.9 Å². The topological polar surface area (TPSA) is 15.3 Å². The van der Waals surface area contributed by atoms with Gasteiger partial charge in [0.1, 0.15) is 5.82 Å². The van der Waals surface area contributed by atoms with E-state index in [0.717, 1.165) is 25.1 Å². The quantitative estimate of drug-likeness (QED) is 0.899. The van der Waals surface area contributed by atoms with Gasteiger partial charge in [-0.1, -0.05) is 6.07 Å². The van der Waals surface area contributed by atoms with Crippen molar-refractivity contribution in [3.05, 3.63) is 35.1 Å². The molecule has 0 bridgehead atoms. The Morgan fingerprint density at radius 1 is 1.42 bits per heavy atom. The summed E-state index contributed by atoms with van der Waals surface area (Å²) >= 11 is 0. The maximum atomic E-state index is 13.1. The number of nitrogens with one attached hydrogen (secondary N) is 1. The van der Waals surface area contributed by atoms with Gasteiger partial charge in [0.15, 0.2) is 0 Å². The van der Waals surface area contributed by atoms with Crippen LogP contribution in [-0.2, 0) is 6.42 Å². The van der Waals surface area contributed by atoms with Crippen LogP contribution in [-0.4, -0.2) is 37.1 Å². The van der Waals surface area contributed by atoms with Gasteiger partial charge in [-0.05, 0) is 70.0 Å². The van der Waals surface area contributed by atoms with Gasteiger partial charge in [0.05, 0.1) is 0 Å². The molecular weight excluding hydrogens is 239 g/mol. The van der Waals surface area contributed by atoms with Gasteiger partial charge in [0.2, 0.25) is 0 Å². The summed E-state index contributed by atoms with van der Waals surface area (Å²) in [5.41, 5.74) is 2.34. The minimum atomic E-state index is -0.135. The third kappa shape index (κ3) is 3.77. The number of benzene rings is 1. The fourth-order valence-corrected chi connectivity index (χ4v) is 3.02. The van der Waals surface area contributed by atoms with Crippen LogP contribution in [0.2, 0.25) is 0 Å². The number of likely N-dealkylation sites (tertiary alicyclic amines) is 1. The summed E-state index contributed by atoms with van der Waals surface area (Å²) in [5.74, 6) is -0.135. The SMILES string of the molecule is CNC1CCN(CCc2ccc(F)cc2C)C(C)C1. The van der Waals surface area contributed by atoms with Gasteiger partial charge >= 0.3 is 0 Å². The lowest BCUT2D eigenvalue weighted by atomic mass is 9.97. The molecule has 3 heteroatoms. The van der Waals surface area contributed by atoms with E-state index in [0.29, 0.717) is 12.1 Å². The van der Waals surface area contributed by atoms with Crippen molar-refractivity contribution < 1.29 is 4.39 Å². The van der Waals surface area contributed by atoms with E-state index in [1.165, 1.54) is 18.4 Å². The summed E-state index contributed by atoms with van der Waals surface area (Å²) in [6.07, 6.45) is 3.46. The van der Waals surface area contributed by atoms with Crippen LogP contribution in [0.5, 0.6) is 0 Å². The number of nitrogens with zero attached hydrogens (tertiary/aromatic N) is 1. The number of rotatable bonds is 4. The number of aryl methyl sites for hydroxylation is 1. The zero-order valence-electron chi connectivity index (χ0n) is 12.2. The van der Waals surface area contributed by atoms with Crippen molar-refractivity contribution >= 4 is 0 Å². The van der Waals surface area contributed by atoms with Crippen LogP contribution in [0.25, 0.3) is 0 Å². The third-order valence-corrected chi connectivity index (χ3v) is 4.39. The zero-order valence-corrected chi connectivity index (χ0v) is 12.2. The molecule has 0 spiro atoms. The molecule has 0 saturated carbocycles. The van der Waals surface area contributed by atoms with Crippen molar-refractivity contribution in [1.29, 1.82) is 0 Å². The Kier molecular flexibility index (Phi) is 4.94. The van der Waals surface area contributed by atoms with Crippen molar-refractivity contribution in [2.45, 2.75) is 45.2 Å². The Hall–Kier alpha value is -0.930. The second-order valence-electron chi connectivity index (χ2n) is 5.72. The molecule has 2 atom stereocenters. The first-order valence-electron chi connectivity index (χ1n) is 7.26. The van der Waals surface area contributed by atoms with E-state index in [-0.39, 0.29) is 5.82 Å². The highest BCUT2D eigenvalue weighted by Crippen LogP contribution is 2.18. The predicted octanol–water partition coefficient (Wildman–Crippen LogP) is 2.75. The van der Waals surface area contributed by atoms with E-state index in [1.54, 1.807) is 12.1 Å². The average molecular weight is 264 g/mol. The molecule has 1 fully saturated rings. The summed E-state index contributed by atoms with van der Waals surface area (Å²) in [4.78, 5) is 2.55. The lowest BCUT2D eigenvalue weighted by molar-refractivity contribution is 0.140. The minimum absolute atomic E-state index is 0.135. The van der Waals surface area contributed by atoms with Crippen LogP contribution >= 0.6 is 0 Å². The molecule has 1 N–H and O–H groups in total. The fraction of sp³-hybridized carbons (Fsp3) is 0.625. The molecule has 1 saturated heterocycles. The van der Waals surface area contributed by atoms with Crippen molar-refractivity contribution in [2.24, 2.45) is 0 Å². The molecule has 2 rings (SSSR count). The Morgan fingerprint density at radius 3 is 2.84 bits per heavy atom. The highest BCUT2D eigenvalue weighted by molar-refractivity contribution is 5.26. The van der Waals surface area contributed by atoms with Crippen LogP contribution in [0, 0.1) is 12.7 Å². The van der Waals surface area contributed by atoms with Gasteiger partial charge in [0.25, 0.3) is 0 Å². The maximum Gasteiger partial charge on any atom is 0.123 e. The van der Waals surface area contributed by atoms with E-state index in [2.05, 4.69) is 24.2 Å². The Balaban J connectivity index is 1.88. The smallest absolute Gasteiger partial charge is 0.123 e. The highest BCUT2D eigenvalue weighted by atomic mass is 19.1. The normalized spacial score (nSPS) is 24.6. The van der Waals surface area contributed by atoms with Crippen molar-refractivity contribution in [3.8, 4) is 0 Å². The number of hydrogen-bond donors (Lipinski definition) is 1. The Morgan fingerprint density at radius 2 is 2.21 bits per heavy atom. The summed E-state index contributed by atoms with van der Waals surface area (Å²) in [6.45, 7) is 6.53. The lowest BCUT2D eigenvalue weighted by Gasteiger charge is -2.37. The lowest BCUT2D eigenvalue weighted by Crippen LogP contribution is -2.47. The van der Waals surface area contributed by atoms with E-state index < -0.39 is 0 Å². The summed E-state index contributed by atoms with van der Waals surface area (Å²) in [6, 6.07) is 6.42. The van der Waals surface area contributed by atoms with Gasteiger partial charge in [-0.2, -0.15) is 0 Å². The summed E-state index contributed by atoms with van der Waals surface area (Å²) < 4.78 is 13.1. The minimum Gasteiger partial charge on any atom is -0.317 e. The van der Waals surface area contributed by atoms with Gasteiger partial charge < -0.3 is 10.2 Å². The molecule has 0 radical (unpaired) electrons. The van der Waals surface area contributed by atoms with Crippen LogP contribution in [0.15, 0.2) is 18.2 Å². The molecule has 2 unspecified atom stereocenters. The molecule has 0 amide bonds. The Bertz CT molecular complexity index is 419. The largest absolute Gasteiger partial charge is 0.317 e. The molecular formula is C16H25FN2. The monoisotopic (exact) mass is 264 g/mol. The van der Waals surface area contributed by atoms with Gasteiger partial charge in [-0.15, -0.1) is 0 Å². The van der Waals surface area contributed by atoms with Crippen molar-refractivity contribution in [3.63, 3.8) is 0 Å². The molecule has 0 aromatic heterocycles. The first kappa shape index (κ1) is 14.5. The van der Waals surface area contributed by atoms with E-state index in [9.17, 15) is 4.39 Å². The maximum absolute atomic E-state index is 13.1. The van der Waals surface area contributed by atoms with Crippen molar-refractivity contribution in [2.75, 3.05) is 20.1 Å². The number of halogens is 1. The highest BCUT2D eigenvalue weighted by Gasteiger charge is 2.23. The van der Waals surface area contributed by atoms with Gasteiger partial charge in [0, 0.05) is 18.6 Å². The molecule has 1 aliphatic heterocycles. The molecule has 106 valence electrons. The molecule has 1 aliphatic rings. The Labute approximate surface area is 116 Å². The second-order valence-corrected chi connectivity index (χ2v) is 5.72. The average Bonchev–Trinajstić information content (AvgIpc) is 2.39. The van der Waals surface area contributed by atoms with Crippen LogP contribution in [0.4, 0.5) is 4.39 Å². The predicted molar refractivity (Wildman–Crippen MR) is 78.0 cm³/mol. The van der Waals surface area contributed by atoms with E-state index >= 15 is 0 Å². The van der Waals surface area contributed by atoms with Crippen LogP contribution in [0.3, 0.4) is 0 Å². The molecule has 1 aromatic rings. The number of piperidine rings is 1. The van der Waals surface area contributed by atoms with Gasteiger partial charge in [-0.3, -0.25) is 0 Å². The summed E-state index contributed by atoms with van der Waals surface area (Å²) in [5, 5.41) is 3.38. The third-order valence-electron chi connectivity index (χ3n) is 4.39. The molecule has 1 heterocycles. The molecule has 2 nitrogen and oxygen atoms in total. The molecule has 1 aromatic carbocycles. The second kappa shape index (κ2) is 6.49. The zero-order chi connectivity index (χ0) is 13.8. The molecule has 19 heavy (non-hydrogen) atoms.